The number of aromatic amines is 1. The van der Waals surface area contributed by atoms with Crippen molar-refractivity contribution >= 4 is 46.1 Å². The number of imidazole rings is 1. The van der Waals surface area contributed by atoms with E-state index in [1.54, 1.807) is 18.2 Å². The third-order valence-corrected chi connectivity index (χ3v) is 5.08. The smallest absolute Gasteiger partial charge is 0.278 e. The third kappa shape index (κ3) is 3.54. The Labute approximate surface area is 152 Å². The first kappa shape index (κ1) is 17.5. The second-order valence-electron chi connectivity index (χ2n) is 5.29. The van der Waals surface area contributed by atoms with Crippen LogP contribution in [0.4, 0.5) is 5.69 Å². The van der Waals surface area contributed by atoms with Gasteiger partial charge >= 0.3 is 0 Å². The summed E-state index contributed by atoms with van der Waals surface area (Å²) in [4.78, 5) is 35.1. The molecule has 0 atom stereocenters. The van der Waals surface area contributed by atoms with Gasteiger partial charge in [0, 0.05) is 17.3 Å². The molecule has 2 heterocycles. The van der Waals surface area contributed by atoms with Crippen LogP contribution >= 0.6 is 23.4 Å². The molecule has 0 saturated heterocycles. The highest BCUT2D eigenvalue weighted by atomic mass is 35.5. The van der Waals surface area contributed by atoms with Crippen LogP contribution in [0, 0.1) is 6.92 Å². The first-order chi connectivity index (χ1) is 12.0. The average Bonchev–Trinajstić information content (AvgIpc) is 2.96. The van der Waals surface area contributed by atoms with Gasteiger partial charge < -0.3 is 14.9 Å². The fourth-order valence-electron chi connectivity index (χ4n) is 2.38. The van der Waals surface area contributed by atoms with Gasteiger partial charge in [0.25, 0.3) is 5.56 Å². The van der Waals surface area contributed by atoms with Crippen LogP contribution < -0.4 is 10.9 Å². The highest BCUT2D eigenvalue weighted by Gasteiger charge is 2.15. The van der Waals surface area contributed by atoms with Crippen molar-refractivity contribution in [2.24, 2.45) is 0 Å². The number of aryl methyl sites for hydroxylation is 1. The van der Waals surface area contributed by atoms with Gasteiger partial charge in [0.15, 0.2) is 16.3 Å². The summed E-state index contributed by atoms with van der Waals surface area (Å²) in [5.74, 6) is -0.0142. The molecule has 2 aromatic heterocycles. The van der Waals surface area contributed by atoms with Crippen molar-refractivity contribution in [3.8, 4) is 0 Å². The molecule has 0 aliphatic carbocycles. The maximum absolute atomic E-state index is 12.2. The fraction of sp³-hybridized carbons (Fsp3) is 0.250. The minimum atomic E-state index is -0.293. The van der Waals surface area contributed by atoms with Gasteiger partial charge in [-0.3, -0.25) is 9.59 Å². The van der Waals surface area contributed by atoms with Gasteiger partial charge in [0.05, 0.1) is 12.1 Å². The molecule has 0 bridgehead atoms. The lowest BCUT2D eigenvalue weighted by Crippen LogP contribution is -2.15. The van der Waals surface area contributed by atoms with Gasteiger partial charge in [-0.15, -0.1) is 0 Å². The fourth-order valence-corrected chi connectivity index (χ4v) is 3.42. The summed E-state index contributed by atoms with van der Waals surface area (Å²) >= 11 is 7.32. The molecule has 1 aromatic carbocycles. The van der Waals surface area contributed by atoms with Crippen LogP contribution in [0.3, 0.4) is 0 Å². The van der Waals surface area contributed by atoms with Crippen molar-refractivity contribution in [1.82, 2.24) is 19.5 Å². The molecule has 9 heteroatoms. The SMILES string of the molecule is CCn1c(SCC(=O)Nc2cccc(Cl)c2C)nc2c(=O)[nH]cnc21. The Bertz CT molecular complexity index is 998. The summed E-state index contributed by atoms with van der Waals surface area (Å²) in [7, 11) is 0. The van der Waals surface area contributed by atoms with E-state index in [1.807, 2.05) is 18.4 Å². The number of rotatable bonds is 5. The zero-order valence-electron chi connectivity index (χ0n) is 13.7. The second kappa shape index (κ2) is 7.28. The highest BCUT2D eigenvalue weighted by Crippen LogP contribution is 2.24. The average molecular weight is 378 g/mol. The molecular formula is C16H16ClN5O2S. The lowest BCUT2D eigenvalue weighted by Gasteiger charge is -2.09. The highest BCUT2D eigenvalue weighted by molar-refractivity contribution is 7.99. The van der Waals surface area contributed by atoms with E-state index in [1.165, 1.54) is 18.1 Å². The Morgan fingerprint density at radius 1 is 1.44 bits per heavy atom. The number of amides is 1. The molecule has 0 saturated carbocycles. The number of benzene rings is 1. The van der Waals surface area contributed by atoms with E-state index in [9.17, 15) is 9.59 Å². The molecule has 2 N–H and O–H groups in total. The number of hydrogen-bond donors (Lipinski definition) is 2. The van der Waals surface area contributed by atoms with Gasteiger partial charge in [-0.1, -0.05) is 29.4 Å². The topological polar surface area (TPSA) is 92.7 Å². The van der Waals surface area contributed by atoms with Crippen LogP contribution in [0.25, 0.3) is 11.2 Å². The summed E-state index contributed by atoms with van der Waals surface area (Å²) in [6.07, 6.45) is 1.35. The molecule has 0 radical (unpaired) electrons. The summed E-state index contributed by atoms with van der Waals surface area (Å²) in [6, 6.07) is 5.36. The molecular weight excluding hydrogens is 362 g/mol. The van der Waals surface area contributed by atoms with E-state index in [-0.39, 0.29) is 22.7 Å². The van der Waals surface area contributed by atoms with Gasteiger partial charge in [-0.25, -0.2) is 9.97 Å². The summed E-state index contributed by atoms with van der Waals surface area (Å²) in [5.41, 5.74) is 2.00. The number of halogens is 1. The van der Waals surface area contributed by atoms with Gasteiger partial charge in [0.1, 0.15) is 0 Å². The molecule has 0 unspecified atom stereocenters. The van der Waals surface area contributed by atoms with Crippen molar-refractivity contribution in [1.29, 1.82) is 0 Å². The quantitative estimate of drug-likeness (QED) is 0.667. The van der Waals surface area contributed by atoms with Crippen molar-refractivity contribution in [3.63, 3.8) is 0 Å². The lowest BCUT2D eigenvalue weighted by molar-refractivity contribution is -0.113. The molecule has 0 aliphatic heterocycles. The van der Waals surface area contributed by atoms with E-state index >= 15 is 0 Å². The van der Waals surface area contributed by atoms with Gasteiger partial charge in [-0.2, -0.15) is 0 Å². The normalized spacial score (nSPS) is 11.0. The maximum Gasteiger partial charge on any atom is 0.278 e. The Morgan fingerprint density at radius 3 is 3.00 bits per heavy atom. The van der Waals surface area contributed by atoms with E-state index in [0.29, 0.717) is 28.1 Å². The largest absolute Gasteiger partial charge is 0.325 e. The number of carbonyl (C=O) groups is 1. The van der Waals surface area contributed by atoms with E-state index in [0.717, 1.165) is 5.56 Å². The molecule has 3 rings (SSSR count). The molecule has 130 valence electrons. The Hall–Kier alpha value is -2.32. The standard InChI is InChI=1S/C16H16ClN5O2S/c1-3-22-14-13(15(24)19-8-18-14)21-16(22)25-7-12(23)20-11-6-4-5-10(17)9(11)2/h4-6,8H,3,7H2,1-2H3,(H,20,23)(H,18,19,24). The second-order valence-corrected chi connectivity index (χ2v) is 6.64. The van der Waals surface area contributed by atoms with Gasteiger partial charge in [0.2, 0.25) is 5.91 Å². The zero-order valence-corrected chi connectivity index (χ0v) is 15.2. The number of nitrogens with one attached hydrogen (secondary N) is 2. The third-order valence-electron chi connectivity index (χ3n) is 3.69. The zero-order chi connectivity index (χ0) is 18.0. The van der Waals surface area contributed by atoms with Crippen molar-refractivity contribution < 1.29 is 4.79 Å². The van der Waals surface area contributed by atoms with E-state index in [2.05, 4.69) is 20.3 Å². The molecule has 25 heavy (non-hydrogen) atoms. The van der Waals surface area contributed by atoms with Crippen LogP contribution in [0.5, 0.6) is 0 Å². The molecule has 0 spiro atoms. The Balaban J connectivity index is 1.76. The van der Waals surface area contributed by atoms with Crippen molar-refractivity contribution in [3.05, 3.63) is 45.5 Å². The van der Waals surface area contributed by atoms with Crippen LogP contribution in [0.1, 0.15) is 12.5 Å². The predicted octanol–water partition coefficient (Wildman–Crippen LogP) is 2.83. The van der Waals surface area contributed by atoms with E-state index in [4.69, 9.17) is 11.6 Å². The first-order valence-corrected chi connectivity index (χ1v) is 8.99. The molecule has 7 nitrogen and oxygen atoms in total. The monoisotopic (exact) mass is 377 g/mol. The molecule has 0 aliphatic rings. The Kier molecular flexibility index (Phi) is 5.10. The number of H-pyrrole nitrogens is 1. The minimum Gasteiger partial charge on any atom is -0.325 e. The van der Waals surface area contributed by atoms with Gasteiger partial charge in [-0.05, 0) is 31.5 Å². The van der Waals surface area contributed by atoms with Crippen LogP contribution in [0.15, 0.2) is 34.5 Å². The minimum absolute atomic E-state index is 0.160. The van der Waals surface area contributed by atoms with Crippen LogP contribution in [-0.2, 0) is 11.3 Å². The molecule has 0 fully saturated rings. The maximum atomic E-state index is 12.2. The lowest BCUT2D eigenvalue weighted by atomic mass is 10.2. The van der Waals surface area contributed by atoms with Crippen molar-refractivity contribution in [2.75, 3.05) is 11.1 Å². The molecule has 3 aromatic rings. The predicted molar refractivity (Wildman–Crippen MR) is 99.4 cm³/mol. The first-order valence-electron chi connectivity index (χ1n) is 7.63. The number of thioether (sulfide) groups is 1. The van der Waals surface area contributed by atoms with E-state index < -0.39 is 0 Å². The molecule has 1 amide bonds. The number of carbonyl (C=O) groups excluding carboxylic acids is 1. The number of aromatic nitrogens is 4. The van der Waals surface area contributed by atoms with Crippen LogP contribution in [-0.4, -0.2) is 31.2 Å². The Morgan fingerprint density at radius 2 is 2.24 bits per heavy atom. The summed E-state index contributed by atoms with van der Waals surface area (Å²) < 4.78 is 1.81. The van der Waals surface area contributed by atoms with Crippen molar-refractivity contribution in [2.45, 2.75) is 25.5 Å². The van der Waals surface area contributed by atoms with Crippen LogP contribution in [0.2, 0.25) is 5.02 Å². The number of hydrogen-bond acceptors (Lipinski definition) is 5. The number of fused-ring (bicyclic) bond motifs is 1. The summed E-state index contributed by atoms with van der Waals surface area (Å²) in [5, 5.41) is 4.02. The number of nitrogens with zero attached hydrogens (tertiary/aromatic N) is 3. The summed E-state index contributed by atoms with van der Waals surface area (Å²) in [6.45, 7) is 4.38. The number of anilines is 1.